The summed E-state index contributed by atoms with van der Waals surface area (Å²) in [6, 6.07) is 4.58. The lowest BCUT2D eigenvalue weighted by atomic mass is 10.1. The van der Waals surface area contributed by atoms with E-state index in [1.807, 2.05) is 45.9 Å². The monoisotopic (exact) mass is 391 g/mol. The Hall–Kier alpha value is -2.77. The Morgan fingerprint density at radius 2 is 1.86 bits per heavy atom. The fourth-order valence-electron chi connectivity index (χ4n) is 2.94. The Balaban J connectivity index is 1.86. The van der Waals surface area contributed by atoms with E-state index in [4.69, 9.17) is 9.47 Å². The molecule has 2 rings (SSSR count). The fraction of sp³-hybridized carbons (Fsp3) is 0.550. The molecule has 1 saturated heterocycles. The van der Waals surface area contributed by atoms with Gasteiger partial charge in [0.25, 0.3) is 5.91 Å². The molecule has 0 aromatic heterocycles. The van der Waals surface area contributed by atoms with Gasteiger partial charge in [0, 0.05) is 6.54 Å². The van der Waals surface area contributed by atoms with Crippen molar-refractivity contribution < 1.29 is 23.9 Å². The van der Waals surface area contributed by atoms with Crippen molar-refractivity contribution >= 4 is 17.8 Å². The van der Waals surface area contributed by atoms with Crippen LogP contribution < -0.4 is 20.1 Å². The molecule has 1 fully saturated rings. The number of nitrogens with zero attached hydrogens (tertiary/aromatic N) is 1. The smallest absolute Gasteiger partial charge is 0.325 e. The van der Waals surface area contributed by atoms with Gasteiger partial charge in [0.15, 0.2) is 11.5 Å². The van der Waals surface area contributed by atoms with Gasteiger partial charge < -0.3 is 20.1 Å². The highest BCUT2D eigenvalue weighted by atomic mass is 16.5. The van der Waals surface area contributed by atoms with Crippen molar-refractivity contribution in [3.05, 3.63) is 23.8 Å². The highest BCUT2D eigenvalue weighted by Gasteiger charge is 2.40. The maximum absolute atomic E-state index is 12.2. The molecule has 0 radical (unpaired) electrons. The van der Waals surface area contributed by atoms with Gasteiger partial charge in [-0.3, -0.25) is 14.5 Å². The van der Waals surface area contributed by atoms with Crippen molar-refractivity contribution in [1.82, 2.24) is 15.5 Å². The lowest BCUT2D eigenvalue weighted by Crippen LogP contribution is -2.42. The summed E-state index contributed by atoms with van der Waals surface area (Å²) >= 11 is 0. The molecule has 8 nitrogen and oxygen atoms in total. The minimum absolute atomic E-state index is 0.0243. The number of carbonyl (C=O) groups is 3. The van der Waals surface area contributed by atoms with Crippen LogP contribution in [0.1, 0.15) is 33.3 Å². The first-order valence-corrected chi connectivity index (χ1v) is 9.64. The molecule has 0 bridgehead atoms. The summed E-state index contributed by atoms with van der Waals surface area (Å²) in [4.78, 5) is 37.2. The van der Waals surface area contributed by atoms with E-state index in [1.54, 1.807) is 0 Å². The molecule has 4 amide bonds. The van der Waals surface area contributed by atoms with Crippen molar-refractivity contribution in [2.45, 2.75) is 40.2 Å². The zero-order valence-electron chi connectivity index (χ0n) is 16.9. The van der Waals surface area contributed by atoms with Crippen LogP contribution in [0.5, 0.6) is 11.5 Å². The average molecular weight is 391 g/mol. The number of amides is 4. The van der Waals surface area contributed by atoms with Crippen molar-refractivity contribution in [2.24, 2.45) is 5.92 Å². The number of hydrogen-bond acceptors (Lipinski definition) is 5. The van der Waals surface area contributed by atoms with Gasteiger partial charge in [-0.1, -0.05) is 19.9 Å². The summed E-state index contributed by atoms with van der Waals surface area (Å²) < 4.78 is 11.1. The molecule has 2 N–H and O–H groups in total. The molecule has 0 aliphatic carbocycles. The van der Waals surface area contributed by atoms with Crippen molar-refractivity contribution in [3.63, 3.8) is 0 Å². The van der Waals surface area contributed by atoms with Crippen LogP contribution in [-0.4, -0.2) is 55.1 Å². The molecule has 1 heterocycles. The summed E-state index contributed by atoms with van der Waals surface area (Å²) in [5, 5.41) is 5.36. The lowest BCUT2D eigenvalue weighted by Gasteiger charge is -2.15. The Labute approximate surface area is 165 Å². The minimum Gasteiger partial charge on any atom is -0.490 e. The van der Waals surface area contributed by atoms with E-state index < -0.39 is 12.1 Å². The molecule has 1 aromatic rings. The molecule has 154 valence electrons. The average Bonchev–Trinajstić information content (AvgIpc) is 2.92. The predicted octanol–water partition coefficient (Wildman–Crippen LogP) is 1.72. The molecule has 1 atom stereocenters. The summed E-state index contributed by atoms with van der Waals surface area (Å²) in [5.74, 6) is 0.609. The Morgan fingerprint density at radius 3 is 2.46 bits per heavy atom. The number of benzene rings is 1. The van der Waals surface area contributed by atoms with E-state index in [2.05, 4.69) is 10.6 Å². The molecule has 0 saturated carbocycles. The number of rotatable bonds is 10. The summed E-state index contributed by atoms with van der Waals surface area (Å²) in [5.41, 5.74) is 0.988. The van der Waals surface area contributed by atoms with Gasteiger partial charge in [0.1, 0.15) is 12.6 Å². The van der Waals surface area contributed by atoms with Gasteiger partial charge in [0.2, 0.25) is 5.91 Å². The summed E-state index contributed by atoms with van der Waals surface area (Å²) in [6.07, 6.45) is 0.590. The van der Waals surface area contributed by atoms with E-state index in [9.17, 15) is 14.4 Å². The molecular formula is C20H29N3O5. The second kappa shape index (κ2) is 9.96. The Bertz CT molecular complexity index is 720. The maximum Gasteiger partial charge on any atom is 0.325 e. The number of imide groups is 1. The van der Waals surface area contributed by atoms with E-state index in [-0.39, 0.29) is 24.3 Å². The number of urea groups is 1. The van der Waals surface area contributed by atoms with Crippen LogP contribution in [0.3, 0.4) is 0 Å². The van der Waals surface area contributed by atoms with Crippen LogP contribution in [0.25, 0.3) is 0 Å². The van der Waals surface area contributed by atoms with Crippen LogP contribution in [0.4, 0.5) is 4.79 Å². The normalized spacial score (nSPS) is 16.3. The molecule has 1 unspecified atom stereocenters. The van der Waals surface area contributed by atoms with Gasteiger partial charge in [-0.05, 0) is 43.9 Å². The standard InChI is InChI=1S/C20H29N3O5/c1-5-27-15-8-7-14(11-16(15)28-6-2)9-10-21-17(24)12-23-19(25)18(13(3)4)22-20(23)26/h7-8,11,13,18H,5-6,9-10,12H2,1-4H3,(H,21,24)(H,22,26). The van der Waals surface area contributed by atoms with E-state index in [0.29, 0.717) is 37.7 Å². The molecule has 0 spiro atoms. The Kier molecular flexibility index (Phi) is 7.66. The van der Waals surface area contributed by atoms with E-state index >= 15 is 0 Å². The van der Waals surface area contributed by atoms with Crippen LogP contribution in [0, 0.1) is 5.92 Å². The predicted molar refractivity (Wildman–Crippen MR) is 104 cm³/mol. The van der Waals surface area contributed by atoms with E-state index in [0.717, 1.165) is 10.5 Å². The first-order chi connectivity index (χ1) is 13.4. The third-order valence-corrected chi connectivity index (χ3v) is 4.37. The molecule has 1 aliphatic rings. The first kappa shape index (κ1) is 21.5. The van der Waals surface area contributed by atoms with Crippen molar-refractivity contribution in [3.8, 4) is 11.5 Å². The second-order valence-electron chi connectivity index (χ2n) is 6.84. The minimum atomic E-state index is -0.568. The third kappa shape index (κ3) is 5.37. The van der Waals surface area contributed by atoms with Gasteiger partial charge in [-0.15, -0.1) is 0 Å². The van der Waals surface area contributed by atoms with E-state index in [1.165, 1.54) is 0 Å². The number of ether oxygens (including phenoxy) is 2. The molecule has 8 heteroatoms. The first-order valence-electron chi connectivity index (χ1n) is 9.64. The van der Waals surface area contributed by atoms with Crippen molar-refractivity contribution in [1.29, 1.82) is 0 Å². The Morgan fingerprint density at radius 1 is 1.18 bits per heavy atom. The SMILES string of the molecule is CCOc1ccc(CCNC(=O)CN2C(=O)NC(C(C)C)C2=O)cc1OCC. The van der Waals surface area contributed by atoms with Crippen molar-refractivity contribution in [2.75, 3.05) is 26.3 Å². The van der Waals surface area contributed by atoms with Gasteiger partial charge in [-0.2, -0.15) is 0 Å². The van der Waals surface area contributed by atoms with Gasteiger partial charge in [0.05, 0.1) is 13.2 Å². The lowest BCUT2D eigenvalue weighted by molar-refractivity contribution is -0.132. The van der Waals surface area contributed by atoms with Crippen LogP contribution in [0.2, 0.25) is 0 Å². The zero-order valence-corrected chi connectivity index (χ0v) is 16.9. The molecule has 1 aromatic carbocycles. The third-order valence-electron chi connectivity index (χ3n) is 4.37. The molecular weight excluding hydrogens is 362 g/mol. The van der Waals surface area contributed by atoms with Crippen LogP contribution in [0.15, 0.2) is 18.2 Å². The topological polar surface area (TPSA) is 97.0 Å². The molecule has 1 aliphatic heterocycles. The van der Waals surface area contributed by atoms with Crippen LogP contribution in [-0.2, 0) is 16.0 Å². The number of nitrogens with one attached hydrogen (secondary N) is 2. The summed E-state index contributed by atoms with van der Waals surface area (Å²) in [6.45, 7) is 8.70. The fourth-order valence-corrected chi connectivity index (χ4v) is 2.94. The number of hydrogen-bond donors (Lipinski definition) is 2. The number of carbonyl (C=O) groups excluding carboxylic acids is 3. The highest BCUT2D eigenvalue weighted by Crippen LogP contribution is 2.28. The second-order valence-corrected chi connectivity index (χ2v) is 6.84. The largest absolute Gasteiger partial charge is 0.490 e. The summed E-state index contributed by atoms with van der Waals surface area (Å²) in [7, 11) is 0. The quantitative estimate of drug-likeness (QED) is 0.592. The zero-order chi connectivity index (χ0) is 20.7. The van der Waals surface area contributed by atoms with Gasteiger partial charge >= 0.3 is 6.03 Å². The molecule has 28 heavy (non-hydrogen) atoms. The van der Waals surface area contributed by atoms with Gasteiger partial charge in [-0.25, -0.2) is 4.79 Å². The maximum atomic E-state index is 12.2. The highest BCUT2D eigenvalue weighted by molar-refractivity contribution is 6.06. The van der Waals surface area contributed by atoms with Crippen LogP contribution >= 0.6 is 0 Å².